The van der Waals surface area contributed by atoms with Gasteiger partial charge in [0.15, 0.2) is 0 Å². The molecule has 178 valence electrons. The standard InChI is InChI=1S/C22H34N4O6/c1-22(2,3)32-21(29)25-9-11-31-13-12-30-10-8-24-20(28)17-14-18(27)26(4)19(17)16-6-5-7-23-15-16/h5-7,15,17,19H,8-14H2,1-4H3,(H,24,28)(H,25,29)/t17-,19+/m0/s1. The van der Waals surface area contributed by atoms with Crippen molar-refractivity contribution in [2.24, 2.45) is 5.92 Å². The molecule has 2 rings (SSSR count). The molecule has 0 unspecified atom stereocenters. The average molecular weight is 451 g/mol. The zero-order chi connectivity index (χ0) is 23.6. The molecule has 2 N–H and O–H groups in total. The Kier molecular flexibility index (Phi) is 9.86. The summed E-state index contributed by atoms with van der Waals surface area (Å²) in [5, 5.41) is 5.45. The van der Waals surface area contributed by atoms with Crippen molar-refractivity contribution in [2.75, 3.05) is 46.6 Å². The number of amides is 3. The van der Waals surface area contributed by atoms with Gasteiger partial charge >= 0.3 is 6.09 Å². The van der Waals surface area contributed by atoms with Gasteiger partial charge in [-0.25, -0.2) is 4.79 Å². The lowest BCUT2D eigenvalue weighted by Crippen LogP contribution is -2.36. The quantitative estimate of drug-likeness (QED) is 0.487. The van der Waals surface area contributed by atoms with Crippen LogP contribution in [-0.2, 0) is 23.8 Å². The van der Waals surface area contributed by atoms with Crippen LogP contribution in [-0.4, -0.2) is 80.0 Å². The Morgan fingerprint density at radius 3 is 2.38 bits per heavy atom. The molecule has 1 aromatic rings. The number of likely N-dealkylation sites (tertiary alicyclic amines) is 1. The van der Waals surface area contributed by atoms with Crippen molar-refractivity contribution in [3.05, 3.63) is 30.1 Å². The van der Waals surface area contributed by atoms with Gasteiger partial charge in [0.05, 0.1) is 38.4 Å². The van der Waals surface area contributed by atoms with E-state index in [1.807, 2.05) is 6.07 Å². The normalized spacial score (nSPS) is 18.5. The molecule has 0 bridgehead atoms. The maximum atomic E-state index is 12.6. The minimum absolute atomic E-state index is 0.0615. The summed E-state index contributed by atoms with van der Waals surface area (Å²) in [7, 11) is 1.71. The Balaban J connectivity index is 1.57. The predicted octanol–water partition coefficient (Wildman–Crippen LogP) is 1.28. The van der Waals surface area contributed by atoms with Gasteiger partial charge in [0.1, 0.15) is 5.60 Å². The number of nitrogens with zero attached hydrogens (tertiary/aromatic N) is 2. The third-order valence-electron chi connectivity index (χ3n) is 4.78. The van der Waals surface area contributed by atoms with E-state index in [0.717, 1.165) is 5.56 Å². The van der Waals surface area contributed by atoms with Crippen LogP contribution in [0.15, 0.2) is 24.5 Å². The van der Waals surface area contributed by atoms with Gasteiger partial charge in [-0.1, -0.05) is 6.07 Å². The molecule has 10 heteroatoms. The molecule has 3 amide bonds. The van der Waals surface area contributed by atoms with Crippen LogP contribution < -0.4 is 10.6 Å². The lowest BCUT2D eigenvalue weighted by atomic mass is 9.94. The molecule has 1 fully saturated rings. The Morgan fingerprint density at radius 1 is 1.12 bits per heavy atom. The fraction of sp³-hybridized carbons (Fsp3) is 0.636. The van der Waals surface area contributed by atoms with E-state index >= 15 is 0 Å². The van der Waals surface area contributed by atoms with Gasteiger partial charge in [-0.3, -0.25) is 14.6 Å². The number of alkyl carbamates (subject to hydrolysis) is 1. The van der Waals surface area contributed by atoms with Crippen molar-refractivity contribution < 1.29 is 28.6 Å². The molecule has 1 aliphatic rings. The highest BCUT2D eigenvalue weighted by Gasteiger charge is 2.42. The number of hydrogen-bond acceptors (Lipinski definition) is 7. The molecule has 0 radical (unpaired) electrons. The Hall–Kier alpha value is -2.72. The van der Waals surface area contributed by atoms with E-state index < -0.39 is 17.6 Å². The summed E-state index contributed by atoms with van der Waals surface area (Å²) >= 11 is 0. The van der Waals surface area contributed by atoms with Crippen LogP contribution in [0.2, 0.25) is 0 Å². The molecule has 1 aromatic heterocycles. The third kappa shape index (κ3) is 8.43. The Labute approximate surface area is 189 Å². The highest BCUT2D eigenvalue weighted by Crippen LogP contribution is 2.36. The van der Waals surface area contributed by atoms with E-state index in [1.54, 1.807) is 51.2 Å². The highest BCUT2D eigenvalue weighted by atomic mass is 16.6. The summed E-state index contributed by atoms with van der Waals surface area (Å²) in [5.74, 6) is -0.698. The van der Waals surface area contributed by atoms with E-state index in [2.05, 4.69) is 15.6 Å². The molecular weight excluding hydrogens is 416 g/mol. The number of rotatable bonds is 11. The molecule has 32 heavy (non-hydrogen) atoms. The van der Waals surface area contributed by atoms with Crippen LogP contribution in [0.3, 0.4) is 0 Å². The van der Waals surface area contributed by atoms with E-state index in [-0.39, 0.29) is 24.3 Å². The predicted molar refractivity (Wildman–Crippen MR) is 117 cm³/mol. The Morgan fingerprint density at radius 2 is 1.78 bits per heavy atom. The first-order valence-corrected chi connectivity index (χ1v) is 10.7. The second-order valence-corrected chi connectivity index (χ2v) is 8.49. The molecule has 1 saturated heterocycles. The number of ether oxygens (including phenoxy) is 3. The number of pyridine rings is 1. The van der Waals surface area contributed by atoms with Crippen LogP contribution in [0.4, 0.5) is 4.79 Å². The minimum Gasteiger partial charge on any atom is -0.444 e. The van der Waals surface area contributed by atoms with Crippen molar-refractivity contribution in [3.8, 4) is 0 Å². The second-order valence-electron chi connectivity index (χ2n) is 8.49. The molecule has 0 aliphatic carbocycles. The van der Waals surface area contributed by atoms with Gasteiger partial charge in [-0.15, -0.1) is 0 Å². The van der Waals surface area contributed by atoms with E-state index in [4.69, 9.17) is 14.2 Å². The summed E-state index contributed by atoms with van der Waals surface area (Å²) < 4.78 is 16.0. The number of nitrogens with one attached hydrogen (secondary N) is 2. The molecule has 10 nitrogen and oxygen atoms in total. The molecule has 0 aromatic carbocycles. The SMILES string of the molecule is CN1C(=O)C[C@H](C(=O)NCCOCCOCCNC(=O)OC(C)(C)C)[C@H]1c1cccnc1. The number of carbonyl (C=O) groups excluding carboxylic acids is 3. The van der Waals surface area contributed by atoms with Crippen LogP contribution >= 0.6 is 0 Å². The van der Waals surface area contributed by atoms with Crippen LogP contribution in [0.5, 0.6) is 0 Å². The van der Waals surface area contributed by atoms with Gasteiger partial charge in [0.25, 0.3) is 0 Å². The summed E-state index contributed by atoms with van der Waals surface area (Å²) in [4.78, 5) is 42.0. The largest absolute Gasteiger partial charge is 0.444 e. The lowest BCUT2D eigenvalue weighted by Gasteiger charge is -2.24. The van der Waals surface area contributed by atoms with E-state index in [0.29, 0.717) is 39.5 Å². The lowest BCUT2D eigenvalue weighted by molar-refractivity contribution is -0.128. The minimum atomic E-state index is -0.531. The van der Waals surface area contributed by atoms with Gasteiger partial charge in [-0.2, -0.15) is 0 Å². The first-order valence-electron chi connectivity index (χ1n) is 10.7. The molecular formula is C22H34N4O6. The fourth-order valence-corrected chi connectivity index (χ4v) is 3.35. The molecule has 2 atom stereocenters. The smallest absolute Gasteiger partial charge is 0.407 e. The summed E-state index contributed by atoms with van der Waals surface area (Å²) in [5.41, 5.74) is 0.312. The summed E-state index contributed by atoms with van der Waals surface area (Å²) in [6.07, 6.45) is 3.04. The highest BCUT2D eigenvalue weighted by molar-refractivity contribution is 5.90. The van der Waals surface area contributed by atoms with Crippen LogP contribution in [0, 0.1) is 5.92 Å². The van der Waals surface area contributed by atoms with Crippen molar-refractivity contribution in [3.63, 3.8) is 0 Å². The first kappa shape index (κ1) is 25.5. The van der Waals surface area contributed by atoms with Crippen molar-refractivity contribution in [1.82, 2.24) is 20.5 Å². The first-order chi connectivity index (χ1) is 15.2. The third-order valence-corrected chi connectivity index (χ3v) is 4.78. The van der Waals surface area contributed by atoms with Crippen LogP contribution in [0.25, 0.3) is 0 Å². The van der Waals surface area contributed by atoms with Gasteiger partial charge in [0, 0.05) is 39.0 Å². The fourth-order valence-electron chi connectivity index (χ4n) is 3.35. The zero-order valence-corrected chi connectivity index (χ0v) is 19.3. The van der Waals surface area contributed by atoms with Gasteiger partial charge in [-0.05, 0) is 32.4 Å². The second kappa shape index (κ2) is 12.4. The van der Waals surface area contributed by atoms with Crippen molar-refractivity contribution in [1.29, 1.82) is 0 Å². The van der Waals surface area contributed by atoms with Crippen molar-refractivity contribution >= 4 is 17.9 Å². The number of carbonyl (C=O) groups is 3. The van der Waals surface area contributed by atoms with E-state index in [1.165, 1.54) is 0 Å². The van der Waals surface area contributed by atoms with Crippen LogP contribution in [0.1, 0.15) is 38.8 Å². The molecule has 0 saturated carbocycles. The Bertz CT molecular complexity index is 753. The number of hydrogen-bond donors (Lipinski definition) is 2. The molecule has 0 spiro atoms. The van der Waals surface area contributed by atoms with Crippen molar-refractivity contribution in [2.45, 2.75) is 38.8 Å². The zero-order valence-electron chi connectivity index (χ0n) is 19.3. The number of aromatic nitrogens is 1. The molecule has 2 heterocycles. The maximum Gasteiger partial charge on any atom is 0.407 e. The topological polar surface area (TPSA) is 119 Å². The molecule has 1 aliphatic heterocycles. The van der Waals surface area contributed by atoms with Gasteiger partial charge in [0.2, 0.25) is 11.8 Å². The maximum absolute atomic E-state index is 12.6. The summed E-state index contributed by atoms with van der Waals surface area (Å²) in [6.45, 7) is 7.50. The monoisotopic (exact) mass is 450 g/mol. The average Bonchev–Trinajstić information content (AvgIpc) is 3.03. The van der Waals surface area contributed by atoms with E-state index in [9.17, 15) is 14.4 Å². The summed E-state index contributed by atoms with van der Waals surface area (Å²) in [6, 6.07) is 3.35. The van der Waals surface area contributed by atoms with Gasteiger partial charge < -0.3 is 29.7 Å².